The lowest BCUT2D eigenvalue weighted by Crippen LogP contribution is -2.29. The first-order valence-corrected chi connectivity index (χ1v) is 9.52. The molecule has 5 heteroatoms. The van der Waals surface area contributed by atoms with E-state index in [0.717, 1.165) is 24.3 Å². The molecule has 4 nitrogen and oxygen atoms in total. The molecule has 122 valence electrons. The topological polar surface area (TPSA) is 49.4 Å². The summed E-state index contributed by atoms with van der Waals surface area (Å²) in [6.45, 7) is 2.41. The van der Waals surface area contributed by atoms with Gasteiger partial charge in [0.25, 0.3) is 0 Å². The van der Waals surface area contributed by atoms with Gasteiger partial charge in [0.15, 0.2) is 0 Å². The van der Waals surface area contributed by atoms with Gasteiger partial charge in [-0.1, -0.05) is 30.3 Å². The number of piperidine rings is 1. The lowest BCUT2D eigenvalue weighted by atomic mass is 10.1. The normalized spacial score (nSPS) is 15.6. The predicted octanol–water partition coefficient (Wildman–Crippen LogP) is 3.16. The van der Waals surface area contributed by atoms with E-state index in [1.54, 1.807) is 12.1 Å². The quantitative estimate of drug-likeness (QED) is 0.916. The summed E-state index contributed by atoms with van der Waals surface area (Å²) in [7, 11) is -3.47. The monoisotopic (exact) mass is 330 g/mol. The Kier molecular flexibility index (Phi) is 4.98. The van der Waals surface area contributed by atoms with Crippen LogP contribution in [0.5, 0.6) is 0 Å². The first-order valence-electron chi connectivity index (χ1n) is 8.04. The summed E-state index contributed by atoms with van der Waals surface area (Å²) in [6, 6.07) is 16.7. The van der Waals surface area contributed by atoms with Crippen molar-refractivity contribution in [2.75, 3.05) is 18.0 Å². The van der Waals surface area contributed by atoms with Gasteiger partial charge in [0, 0.05) is 25.3 Å². The minimum atomic E-state index is -3.47. The Morgan fingerprint density at radius 2 is 1.52 bits per heavy atom. The molecule has 1 saturated heterocycles. The summed E-state index contributed by atoms with van der Waals surface area (Å²) in [5.41, 5.74) is 2.05. The summed E-state index contributed by atoms with van der Waals surface area (Å²) in [5.74, 6) is 0. The van der Waals surface area contributed by atoms with E-state index in [1.807, 2.05) is 42.5 Å². The van der Waals surface area contributed by atoms with Crippen molar-refractivity contribution < 1.29 is 8.42 Å². The van der Waals surface area contributed by atoms with Crippen LogP contribution in [0.1, 0.15) is 24.8 Å². The van der Waals surface area contributed by atoms with Crippen LogP contribution in [0.2, 0.25) is 0 Å². The number of benzene rings is 2. The number of hydrogen-bond acceptors (Lipinski definition) is 3. The number of hydrogen-bond donors (Lipinski definition) is 1. The van der Waals surface area contributed by atoms with Crippen LogP contribution in [0, 0.1) is 0 Å². The van der Waals surface area contributed by atoms with Gasteiger partial charge in [-0.05, 0) is 49.1 Å². The van der Waals surface area contributed by atoms with Gasteiger partial charge < -0.3 is 4.90 Å². The number of sulfonamides is 1. The van der Waals surface area contributed by atoms with E-state index in [1.165, 1.54) is 19.3 Å². The average molecular weight is 330 g/mol. The Labute approximate surface area is 138 Å². The van der Waals surface area contributed by atoms with Crippen LogP contribution in [-0.2, 0) is 16.6 Å². The lowest BCUT2D eigenvalue weighted by molar-refractivity contribution is 0.576. The Hall–Kier alpha value is -1.85. The standard InChI is InChI=1S/C18H22N2O2S/c21-23(22,19-15-16-7-3-1-4-8-16)18-11-9-17(10-12-18)20-13-5-2-6-14-20/h1,3-4,7-12,19H,2,5-6,13-15H2. The van der Waals surface area contributed by atoms with Crippen LogP contribution in [0.15, 0.2) is 59.5 Å². The van der Waals surface area contributed by atoms with Gasteiger partial charge in [0.1, 0.15) is 0 Å². The molecule has 1 heterocycles. The van der Waals surface area contributed by atoms with Crippen molar-refractivity contribution in [2.45, 2.75) is 30.7 Å². The molecule has 0 radical (unpaired) electrons. The van der Waals surface area contributed by atoms with E-state index in [9.17, 15) is 8.42 Å². The second-order valence-corrected chi connectivity index (χ2v) is 7.62. The van der Waals surface area contributed by atoms with Gasteiger partial charge in [-0.3, -0.25) is 0 Å². The third-order valence-electron chi connectivity index (χ3n) is 4.18. The molecule has 1 aliphatic heterocycles. The molecule has 0 saturated carbocycles. The Morgan fingerprint density at radius 1 is 0.870 bits per heavy atom. The fraction of sp³-hybridized carbons (Fsp3) is 0.333. The molecule has 0 amide bonds. The SMILES string of the molecule is O=S(=O)(NCc1ccccc1)c1ccc(N2CCCCC2)cc1. The number of nitrogens with one attached hydrogen (secondary N) is 1. The molecular weight excluding hydrogens is 308 g/mol. The Bertz CT molecular complexity index is 721. The van der Waals surface area contributed by atoms with Gasteiger partial charge >= 0.3 is 0 Å². The van der Waals surface area contributed by atoms with Gasteiger partial charge in [-0.15, -0.1) is 0 Å². The maximum Gasteiger partial charge on any atom is 0.240 e. The van der Waals surface area contributed by atoms with Crippen molar-refractivity contribution in [3.63, 3.8) is 0 Å². The zero-order valence-electron chi connectivity index (χ0n) is 13.1. The number of nitrogens with zero attached hydrogens (tertiary/aromatic N) is 1. The summed E-state index contributed by atoms with van der Waals surface area (Å²) in [4.78, 5) is 2.63. The van der Waals surface area contributed by atoms with Crippen molar-refractivity contribution in [1.29, 1.82) is 0 Å². The highest BCUT2D eigenvalue weighted by Gasteiger charge is 2.15. The summed E-state index contributed by atoms with van der Waals surface area (Å²) < 4.78 is 27.4. The summed E-state index contributed by atoms with van der Waals surface area (Å²) in [5, 5.41) is 0. The maximum atomic E-state index is 12.4. The van der Waals surface area contributed by atoms with Crippen LogP contribution < -0.4 is 9.62 Å². The van der Waals surface area contributed by atoms with E-state index in [2.05, 4.69) is 9.62 Å². The van der Waals surface area contributed by atoms with Crippen LogP contribution in [-0.4, -0.2) is 21.5 Å². The lowest BCUT2D eigenvalue weighted by Gasteiger charge is -2.28. The highest BCUT2D eigenvalue weighted by molar-refractivity contribution is 7.89. The van der Waals surface area contributed by atoms with Crippen LogP contribution in [0.4, 0.5) is 5.69 Å². The Morgan fingerprint density at radius 3 is 2.17 bits per heavy atom. The molecule has 3 rings (SSSR count). The molecule has 2 aromatic carbocycles. The van der Waals surface area contributed by atoms with Gasteiger partial charge in [0.2, 0.25) is 10.0 Å². The predicted molar refractivity (Wildman–Crippen MR) is 93.0 cm³/mol. The van der Waals surface area contributed by atoms with Crippen LogP contribution >= 0.6 is 0 Å². The summed E-state index contributed by atoms with van der Waals surface area (Å²) >= 11 is 0. The van der Waals surface area contributed by atoms with E-state index in [0.29, 0.717) is 11.4 Å². The molecule has 0 unspecified atom stereocenters. The van der Waals surface area contributed by atoms with E-state index in [-0.39, 0.29) is 0 Å². The van der Waals surface area contributed by atoms with Crippen molar-refractivity contribution in [3.8, 4) is 0 Å². The molecule has 0 atom stereocenters. The second kappa shape index (κ2) is 7.15. The second-order valence-electron chi connectivity index (χ2n) is 5.85. The molecular formula is C18H22N2O2S. The molecule has 1 fully saturated rings. The Balaban J connectivity index is 1.67. The van der Waals surface area contributed by atoms with Gasteiger partial charge in [-0.25, -0.2) is 13.1 Å². The minimum Gasteiger partial charge on any atom is -0.372 e. The zero-order chi connectivity index (χ0) is 16.1. The van der Waals surface area contributed by atoms with E-state index in [4.69, 9.17) is 0 Å². The molecule has 23 heavy (non-hydrogen) atoms. The van der Waals surface area contributed by atoms with Crippen LogP contribution in [0.3, 0.4) is 0 Å². The smallest absolute Gasteiger partial charge is 0.240 e. The largest absolute Gasteiger partial charge is 0.372 e. The molecule has 1 aliphatic rings. The molecule has 1 N–H and O–H groups in total. The molecule has 0 spiro atoms. The first kappa shape index (κ1) is 16.0. The third kappa shape index (κ3) is 4.12. The van der Waals surface area contributed by atoms with Crippen molar-refractivity contribution in [2.24, 2.45) is 0 Å². The highest BCUT2D eigenvalue weighted by atomic mass is 32.2. The number of rotatable bonds is 5. The highest BCUT2D eigenvalue weighted by Crippen LogP contribution is 2.21. The fourth-order valence-corrected chi connectivity index (χ4v) is 3.86. The van der Waals surface area contributed by atoms with Gasteiger partial charge in [-0.2, -0.15) is 0 Å². The zero-order valence-corrected chi connectivity index (χ0v) is 13.9. The molecule has 0 aliphatic carbocycles. The van der Waals surface area contributed by atoms with Gasteiger partial charge in [0.05, 0.1) is 4.90 Å². The maximum absolute atomic E-state index is 12.4. The number of anilines is 1. The fourth-order valence-electron chi connectivity index (χ4n) is 2.85. The first-order chi connectivity index (χ1) is 11.1. The molecule has 0 aromatic heterocycles. The third-order valence-corrected chi connectivity index (χ3v) is 5.59. The van der Waals surface area contributed by atoms with Crippen molar-refractivity contribution in [1.82, 2.24) is 4.72 Å². The summed E-state index contributed by atoms with van der Waals surface area (Å²) in [6.07, 6.45) is 3.70. The van der Waals surface area contributed by atoms with Crippen LogP contribution in [0.25, 0.3) is 0 Å². The molecule has 2 aromatic rings. The van der Waals surface area contributed by atoms with Crippen molar-refractivity contribution in [3.05, 3.63) is 60.2 Å². The molecule has 0 bridgehead atoms. The minimum absolute atomic E-state index is 0.303. The van der Waals surface area contributed by atoms with Crippen molar-refractivity contribution >= 4 is 15.7 Å². The van der Waals surface area contributed by atoms with E-state index < -0.39 is 10.0 Å². The van der Waals surface area contributed by atoms with E-state index >= 15 is 0 Å². The average Bonchev–Trinajstić information content (AvgIpc) is 2.62.